The summed E-state index contributed by atoms with van der Waals surface area (Å²) in [6.07, 6.45) is 4.85. The maximum atomic E-state index is 9.45. The molecule has 0 heterocycles. The summed E-state index contributed by atoms with van der Waals surface area (Å²) < 4.78 is 0. The molecule has 14 heavy (non-hydrogen) atoms. The SMILES string of the molecule is CCCC(C)[Si](C#N)(CCC)CCC. The van der Waals surface area contributed by atoms with Gasteiger partial charge in [-0.05, 0) is 17.6 Å². The molecule has 0 spiro atoms. The third-order valence-electron chi connectivity index (χ3n) is 3.28. The predicted molar refractivity (Wildman–Crippen MR) is 65.9 cm³/mol. The van der Waals surface area contributed by atoms with Crippen molar-refractivity contribution in [1.29, 1.82) is 5.26 Å². The van der Waals surface area contributed by atoms with Crippen LogP contribution in [0.3, 0.4) is 0 Å². The molecular weight excluding hydrogens is 186 g/mol. The van der Waals surface area contributed by atoms with E-state index in [1.165, 1.54) is 37.8 Å². The molecule has 0 radical (unpaired) electrons. The molecule has 0 N–H and O–H groups in total. The Labute approximate surface area is 90.5 Å². The summed E-state index contributed by atoms with van der Waals surface area (Å²) >= 11 is 0. The fourth-order valence-corrected chi connectivity index (χ4v) is 6.75. The lowest BCUT2D eigenvalue weighted by molar-refractivity contribution is 0.730. The maximum Gasteiger partial charge on any atom is 0.176 e. The minimum atomic E-state index is -1.59. The van der Waals surface area contributed by atoms with E-state index in [0.29, 0.717) is 5.54 Å². The predicted octanol–water partition coefficient (Wildman–Crippen LogP) is 4.51. The van der Waals surface area contributed by atoms with Gasteiger partial charge in [-0.15, -0.1) is 0 Å². The van der Waals surface area contributed by atoms with Crippen LogP contribution in [-0.4, -0.2) is 8.07 Å². The van der Waals surface area contributed by atoms with Gasteiger partial charge in [0.1, 0.15) is 0 Å². The highest BCUT2D eigenvalue weighted by molar-refractivity contribution is 6.88. The smallest absolute Gasteiger partial charge is 0.176 e. The van der Waals surface area contributed by atoms with Crippen LogP contribution >= 0.6 is 0 Å². The van der Waals surface area contributed by atoms with Crippen molar-refractivity contribution in [1.82, 2.24) is 0 Å². The van der Waals surface area contributed by atoms with E-state index in [0.717, 1.165) is 0 Å². The van der Waals surface area contributed by atoms with Crippen LogP contribution in [-0.2, 0) is 0 Å². The van der Waals surface area contributed by atoms with Gasteiger partial charge < -0.3 is 0 Å². The van der Waals surface area contributed by atoms with Gasteiger partial charge >= 0.3 is 0 Å². The Morgan fingerprint density at radius 1 is 1.07 bits per heavy atom. The second-order valence-electron chi connectivity index (χ2n) is 4.46. The van der Waals surface area contributed by atoms with E-state index < -0.39 is 8.07 Å². The van der Waals surface area contributed by atoms with E-state index in [1.54, 1.807) is 0 Å². The molecule has 0 aliphatic heterocycles. The molecule has 1 unspecified atom stereocenters. The standard InChI is InChI=1S/C12H25NSi/c1-5-8-12(4)14(11-13,9-6-2)10-7-3/h12H,5-10H2,1-4H3. The van der Waals surface area contributed by atoms with Crippen LogP contribution < -0.4 is 0 Å². The second-order valence-corrected chi connectivity index (χ2v) is 8.98. The topological polar surface area (TPSA) is 23.8 Å². The summed E-state index contributed by atoms with van der Waals surface area (Å²) in [5.41, 5.74) is 3.43. The Balaban J connectivity index is 4.56. The molecule has 0 bridgehead atoms. The largest absolute Gasteiger partial charge is 0.207 e. The number of nitrogens with zero attached hydrogens (tertiary/aromatic N) is 1. The van der Waals surface area contributed by atoms with Crippen LogP contribution in [0.5, 0.6) is 0 Å². The lowest BCUT2D eigenvalue weighted by Gasteiger charge is -2.29. The van der Waals surface area contributed by atoms with Crippen LogP contribution in [0.15, 0.2) is 0 Å². The van der Waals surface area contributed by atoms with Crippen molar-refractivity contribution in [2.75, 3.05) is 0 Å². The fourth-order valence-electron chi connectivity index (χ4n) is 2.44. The first-order valence-corrected chi connectivity index (χ1v) is 8.57. The van der Waals surface area contributed by atoms with Crippen LogP contribution in [0.25, 0.3) is 0 Å². The van der Waals surface area contributed by atoms with Gasteiger partial charge in [-0.2, -0.15) is 0 Å². The average Bonchev–Trinajstić information content (AvgIpc) is 2.17. The van der Waals surface area contributed by atoms with Gasteiger partial charge in [-0.3, -0.25) is 0 Å². The summed E-state index contributed by atoms with van der Waals surface area (Å²) in [5.74, 6) is 0. The Hall–Kier alpha value is -0.293. The summed E-state index contributed by atoms with van der Waals surface area (Å²) in [6.45, 7) is 8.97. The number of nitriles is 1. The molecule has 0 saturated carbocycles. The summed E-state index contributed by atoms with van der Waals surface area (Å²) in [6, 6.07) is 2.41. The average molecular weight is 211 g/mol. The molecule has 82 valence electrons. The van der Waals surface area contributed by atoms with E-state index in [4.69, 9.17) is 0 Å². The van der Waals surface area contributed by atoms with Gasteiger partial charge in [0.2, 0.25) is 0 Å². The highest BCUT2D eigenvalue weighted by Gasteiger charge is 2.37. The third-order valence-corrected chi connectivity index (χ3v) is 8.69. The highest BCUT2D eigenvalue weighted by atomic mass is 28.3. The molecule has 0 amide bonds. The Kier molecular flexibility index (Phi) is 6.91. The van der Waals surface area contributed by atoms with E-state index in [2.05, 4.69) is 33.4 Å². The van der Waals surface area contributed by atoms with E-state index >= 15 is 0 Å². The molecule has 0 aromatic heterocycles. The van der Waals surface area contributed by atoms with Crippen molar-refractivity contribution in [3.63, 3.8) is 0 Å². The Morgan fingerprint density at radius 2 is 1.57 bits per heavy atom. The molecule has 1 atom stereocenters. The molecular formula is C12H25NSi. The van der Waals surface area contributed by atoms with Gasteiger partial charge in [-0.1, -0.05) is 53.4 Å². The van der Waals surface area contributed by atoms with Crippen molar-refractivity contribution in [2.24, 2.45) is 0 Å². The van der Waals surface area contributed by atoms with Gasteiger partial charge in [0, 0.05) is 5.69 Å². The van der Waals surface area contributed by atoms with Crippen LogP contribution in [0.1, 0.15) is 53.4 Å². The number of hydrogen-bond donors (Lipinski definition) is 0. The quantitative estimate of drug-likeness (QED) is 0.568. The maximum absolute atomic E-state index is 9.45. The fraction of sp³-hybridized carbons (Fsp3) is 0.917. The molecule has 0 rings (SSSR count). The van der Waals surface area contributed by atoms with E-state index in [9.17, 15) is 5.26 Å². The van der Waals surface area contributed by atoms with Crippen molar-refractivity contribution in [3.8, 4) is 5.69 Å². The zero-order valence-electron chi connectivity index (χ0n) is 10.3. The Bertz CT molecular complexity index is 177. The lowest BCUT2D eigenvalue weighted by atomic mass is 10.3. The highest BCUT2D eigenvalue weighted by Crippen LogP contribution is 2.34. The zero-order chi connectivity index (χ0) is 11.0. The summed E-state index contributed by atoms with van der Waals surface area (Å²) in [4.78, 5) is 0. The first-order valence-electron chi connectivity index (χ1n) is 6.08. The molecule has 2 heteroatoms. The van der Waals surface area contributed by atoms with Crippen LogP contribution in [0.2, 0.25) is 17.6 Å². The molecule has 0 aromatic rings. The third kappa shape index (κ3) is 3.46. The normalized spacial score (nSPS) is 13.6. The lowest BCUT2D eigenvalue weighted by Crippen LogP contribution is -2.37. The van der Waals surface area contributed by atoms with Crippen LogP contribution in [0, 0.1) is 11.0 Å². The first kappa shape index (κ1) is 13.7. The second kappa shape index (κ2) is 7.06. The van der Waals surface area contributed by atoms with Gasteiger partial charge in [0.25, 0.3) is 0 Å². The Morgan fingerprint density at radius 3 is 1.86 bits per heavy atom. The minimum absolute atomic E-state index is 0.692. The number of hydrogen-bond acceptors (Lipinski definition) is 1. The molecule has 0 fully saturated rings. The molecule has 0 saturated heterocycles. The van der Waals surface area contributed by atoms with Crippen molar-refractivity contribution < 1.29 is 0 Å². The van der Waals surface area contributed by atoms with Gasteiger partial charge in [0.15, 0.2) is 8.07 Å². The molecule has 0 aromatic carbocycles. The molecule has 0 aliphatic rings. The zero-order valence-corrected chi connectivity index (χ0v) is 11.3. The first-order chi connectivity index (χ1) is 6.66. The monoisotopic (exact) mass is 211 g/mol. The van der Waals surface area contributed by atoms with Gasteiger partial charge in [-0.25, -0.2) is 5.26 Å². The minimum Gasteiger partial charge on any atom is -0.207 e. The van der Waals surface area contributed by atoms with Crippen molar-refractivity contribution >= 4 is 8.07 Å². The van der Waals surface area contributed by atoms with Crippen molar-refractivity contribution in [2.45, 2.75) is 71.0 Å². The summed E-state index contributed by atoms with van der Waals surface area (Å²) in [5, 5.41) is 9.45. The number of rotatable bonds is 7. The molecule has 1 nitrogen and oxygen atoms in total. The van der Waals surface area contributed by atoms with Crippen molar-refractivity contribution in [3.05, 3.63) is 0 Å². The van der Waals surface area contributed by atoms with E-state index in [-0.39, 0.29) is 0 Å². The molecule has 0 aliphatic carbocycles. The van der Waals surface area contributed by atoms with Gasteiger partial charge in [0.05, 0.1) is 0 Å². The van der Waals surface area contributed by atoms with Crippen LogP contribution in [0.4, 0.5) is 0 Å². The van der Waals surface area contributed by atoms with E-state index in [1.807, 2.05) is 0 Å². The summed E-state index contributed by atoms with van der Waals surface area (Å²) in [7, 11) is -1.59.